The van der Waals surface area contributed by atoms with Crippen molar-refractivity contribution in [3.63, 3.8) is 0 Å². The van der Waals surface area contributed by atoms with Gasteiger partial charge in [-0.3, -0.25) is 4.79 Å². The van der Waals surface area contributed by atoms with Gasteiger partial charge >= 0.3 is 0 Å². The van der Waals surface area contributed by atoms with Crippen LogP contribution in [0, 0.1) is 6.92 Å². The molecular weight excluding hydrogens is 332 g/mol. The molecule has 1 N–H and O–H groups in total. The van der Waals surface area contributed by atoms with Crippen molar-refractivity contribution in [2.45, 2.75) is 26.4 Å². The Morgan fingerprint density at radius 1 is 0.852 bits per heavy atom. The molecule has 1 unspecified atom stereocenters. The van der Waals surface area contributed by atoms with Crippen molar-refractivity contribution in [2.24, 2.45) is 0 Å². The molecule has 0 bridgehead atoms. The summed E-state index contributed by atoms with van der Waals surface area (Å²) >= 11 is 0. The number of aryl methyl sites for hydroxylation is 1. The lowest BCUT2D eigenvalue weighted by Gasteiger charge is -2.24. The van der Waals surface area contributed by atoms with Gasteiger partial charge in [-0.15, -0.1) is 0 Å². The Hall–Kier alpha value is -2.97. The second-order valence-corrected chi connectivity index (χ2v) is 7.37. The number of fused-ring (bicyclic) bond motifs is 1. The molecule has 134 valence electrons. The number of aliphatic hydroxyl groups is 1. The highest BCUT2D eigenvalue weighted by atomic mass is 16.3. The van der Waals surface area contributed by atoms with Crippen molar-refractivity contribution in [2.75, 3.05) is 0 Å². The zero-order valence-corrected chi connectivity index (χ0v) is 15.8. The number of ketones is 1. The zero-order chi connectivity index (χ0) is 19.2. The van der Waals surface area contributed by atoms with Gasteiger partial charge in [0.2, 0.25) is 0 Å². The Morgan fingerprint density at radius 2 is 1.44 bits per heavy atom. The normalized spacial score (nSPS) is 18.5. The van der Waals surface area contributed by atoms with Gasteiger partial charge in [0.05, 0.1) is 0 Å². The maximum atomic E-state index is 11.6. The Bertz CT molecular complexity index is 1050. The molecule has 3 aromatic rings. The minimum Gasteiger partial charge on any atom is -0.381 e. The Morgan fingerprint density at radius 3 is 2.07 bits per heavy atom. The molecule has 27 heavy (non-hydrogen) atoms. The Labute approximate surface area is 159 Å². The summed E-state index contributed by atoms with van der Waals surface area (Å²) in [6.45, 7) is 5.48. The predicted molar refractivity (Wildman–Crippen MR) is 110 cm³/mol. The lowest BCUT2D eigenvalue weighted by Crippen LogP contribution is -2.20. The molecule has 0 saturated heterocycles. The summed E-state index contributed by atoms with van der Waals surface area (Å²) in [6, 6.07) is 23.9. The van der Waals surface area contributed by atoms with Crippen LogP contribution in [-0.2, 0) is 5.60 Å². The van der Waals surface area contributed by atoms with Crippen LogP contribution in [0.4, 0.5) is 0 Å². The molecule has 1 aliphatic carbocycles. The summed E-state index contributed by atoms with van der Waals surface area (Å²) in [6.07, 6.45) is 0. The van der Waals surface area contributed by atoms with E-state index in [0.29, 0.717) is 5.56 Å². The first-order valence-corrected chi connectivity index (χ1v) is 9.15. The van der Waals surface area contributed by atoms with E-state index in [1.54, 1.807) is 6.92 Å². The van der Waals surface area contributed by atoms with E-state index in [0.717, 1.165) is 33.4 Å². The van der Waals surface area contributed by atoms with Crippen LogP contribution in [0.1, 0.15) is 52.0 Å². The average Bonchev–Trinajstić information content (AvgIpc) is 2.90. The standard InChI is InChI=1S/C25H22O2/c1-16-8-10-19(11-9-16)23-21-6-4-5-7-22(21)25(3,27)24(23)20-14-12-18(13-15-20)17(2)26/h4-15,27H,1-3H3. The first-order valence-electron chi connectivity index (χ1n) is 9.15. The summed E-state index contributed by atoms with van der Waals surface area (Å²) in [4.78, 5) is 11.6. The molecule has 0 aromatic heterocycles. The maximum absolute atomic E-state index is 11.6. The number of carbonyl (C=O) groups excluding carboxylic acids is 1. The van der Waals surface area contributed by atoms with Crippen molar-refractivity contribution >= 4 is 16.9 Å². The summed E-state index contributed by atoms with van der Waals surface area (Å²) in [5.41, 5.74) is 6.66. The SMILES string of the molecule is CC(=O)c1ccc(C2=C(c3ccc(C)cc3)c3ccccc3C2(C)O)cc1. The smallest absolute Gasteiger partial charge is 0.159 e. The highest BCUT2D eigenvalue weighted by molar-refractivity contribution is 6.07. The topological polar surface area (TPSA) is 37.3 Å². The number of Topliss-reactive ketones (excluding diaryl/α,β-unsaturated/α-hetero) is 1. The van der Waals surface area contributed by atoms with Crippen LogP contribution in [0.2, 0.25) is 0 Å². The Balaban J connectivity index is 2.00. The number of rotatable bonds is 3. The minimum atomic E-state index is -1.10. The molecule has 4 rings (SSSR count). The first kappa shape index (κ1) is 17.4. The van der Waals surface area contributed by atoms with E-state index in [1.807, 2.05) is 49.4 Å². The van der Waals surface area contributed by atoms with Crippen LogP contribution < -0.4 is 0 Å². The van der Waals surface area contributed by atoms with Crippen LogP contribution in [0.25, 0.3) is 11.1 Å². The number of carbonyl (C=O) groups is 1. The highest BCUT2D eigenvalue weighted by Crippen LogP contribution is 2.51. The van der Waals surface area contributed by atoms with Gasteiger partial charge in [0.1, 0.15) is 5.60 Å². The van der Waals surface area contributed by atoms with E-state index in [-0.39, 0.29) is 5.78 Å². The number of benzene rings is 3. The molecule has 1 aliphatic rings. The molecular formula is C25H22O2. The molecule has 0 aliphatic heterocycles. The fraction of sp³-hybridized carbons (Fsp3) is 0.160. The van der Waals surface area contributed by atoms with E-state index < -0.39 is 5.60 Å². The van der Waals surface area contributed by atoms with Crippen LogP contribution in [-0.4, -0.2) is 10.9 Å². The van der Waals surface area contributed by atoms with E-state index in [9.17, 15) is 9.90 Å². The maximum Gasteiger partial charge on any atom is 0.159 e. The van der Waals surface area contributed by atoms with E-state index in [2.05, 4.69) is 37.3 Å². The third-order valence-corrected chi connectivity index (χ3v) is 5.38. The first-order chi connectivity index (χ1) is 12.9. The van der Waals surface area contributed by atoms with Crippen molar-refractivity contribution in [1.29, 1.82) is 0 Å². The van der Waals surface area contributed by atoms with E-state index in [1.165, 1.54) is 5.56 Å². The van der Waals surface area contributed by atoms with Gasteiger partial charge < -0.3 is 5.11 Å². The molecule has 0 fully saturated rings. The minimum absolute atomic E-state index is 0.0377. The molecule has 0 heterocycles. The van der Waals surface area contributed by atoms with Crippen molar-refractivity contribution in [3.8, 4) is 0 Å². The third kappa shape index (κ3) is 2.83. The molecule has 3 aromatic carbocycles. The highest BCUT2D eigenvalue weighted by Gasteiger charge is 2.40. The van der Waals surface area contributed by atoms with Gasteiger partial charge in [-0.05, 0) is 48.6 Å². The number of hydrogen-bond donors (Lipinski definition) is 1. The predicted octanol–water partition coefficient (Wildman–Crippen LogP) is 5.38. The molecule has 0 radical (unpaired) electrons. The molecule has 0 amide bonds. The van der Waals surface area contributed by atoms with Gasteiger partial charge in [-0.2, -0.15) is 0 Å². The zero-order valence-electron chi connectivity index (χ0n) is 15.8. The monoisotopic (exact) mass is 354 g/mol. The average molecular weight is 354 g/mol. The van der Waals surface area contributed by atoms with Gasteiger partial charge in [-0.25, -0.2) is 0 Å². The quantitative estimate of drug-likeness (QED) is 0.641. The fourth-order valence-corrected chi connectivity index (χ4v) is 3.96. The lowest BCUT2D eigenvalue weighted by molar-refractivity contribution is 0.101. The van der Waals surface area contributed by atoms with Gasteiger partial charge in [-0.1, -0.05) is 78.4 Å². The molecule has 2 nitrogen and oxygen atoms in total. The molecule has 0 spiro atoms. The number of hydrogen-bond acceptors (Lipinski definition) is 2. The fourth-order valence-electron chi connectivity index (χ4n) is 3.96. The largest absolute Gasteiger partial charge is 0.381 e. The molecule has 1 atom stereocenters. The van der Waals surface area contributed by atoms with Crippen molar-refractivity contribution < 1.29 is 9.90 Å². The van der Waals surface area contributed by atoms with E-state index >= 15 is 0 Å². The van der Waals surface area contributed by atoms with Crippen molar-refractivity contribution in [1.82, 2.24) is 0 Å². The third-order valence-electron chi connectivity index (χ3n) is 5.38. The van der Waals surface area contributed by atoms with Gasteiger partial charge in [0.15, 0.2) is 5.78 Å². The molecule has 0 saturated carbocycles. The summed E-state index contributed by atoms with van der Waals surface area (Å²) < 4.78 is 0. The lowest BCUT2D eigenvalue weighted by atomic mass is 9.86. The second-order valence-electron chi connectivity index (χ2n) is 7.37. The van der Waals surface area contributed by atoms with Crippen LogP contribution >= 0.6 is 0 Å². The van der Waals surface area contributed by atoms with E-state index in [4.69, 9.17) is 0 Å². The summed E-state index contributed by atoms with van der Waals surface area (Å²) in [7, 11) is 0. The van der Waals surface area contributed by atoms with Crippen LogP contribution in [0.15, 0.2) is 72.8 Å². The summed E-state index contributed by atoms with van der Waals surface area (Å²) in [5.74, 6) is 0.0377. The van der Waals surface area contributed by atoms with Crippen LogP contribution in [0.3, 0.4) is 0 Å². The molecule has 2 heteroatoms. The van der Waals surface area contributed by atoms with Gasteiger partial charge in [0.25, 0.3) is 0 Å². The van der Waals surface area contributed by atoms with Gasteiger partial charge in [0, 0.05) is 11.1 Å². The van der Waals surface area contributed by atoms with Crippen LogP contribution in [0.5, 0.6) is 0 Å². The summed E-state index contributed by atoms with van der Waals surface area (Å²) in [5, 5.41) is 11.5. The van der Waals surface area contributed by atoms with Crippen molar-refractivity contribution in [3.05, 3.63) is 106 Å². The Kier molecular flexibility index (Phi) is 4.09. The second kappa shape index (κ2) is 6.33.